The van der Waals surface area contributed by atoms with Crippen LogP contribution in [0.2, 0.25) is 0 Å². The van der Waals surface area contributed by atoms with Crippen LogP contribution in [0.1, 0.15) is 45.9 Å². The molecule has 1 amide bonds. The van der Waals surface area contributed by atoms with E-state index in [1.165, 1.54) is 0 Å². The van der Waals surface area contributed by atoms with Gasteiger partial charge in [-0.25, -0.2) is 4.99 Å². The van der Waals surface area contributed by atoms with Gasteiger partial charge in [-0.1, -0.05) is 58.8 Å². The van der Waals surface area contributed by atoms with Gasteiger partial charge < -0.3 is 29.4 Å². The first-order valence-electron chi connectivity index (χ1n) is 16.2. The Balaban J connectivity index is 1.65. The summed E-state index contributed by atoms with van der Waals surface area (Å²) in [5.74, 6) is 1.54. The fourth-order valence-corrected chi connectivity index (χ4v) is 5.89. The average molecular weight is 691 g/mol. The molecule has 0 unspecified atom stereocenters. The summed E-state index contributed by atoms with van der Waals surface area (Å²) in [5.41, 5.74) is 20.8. The summed E-state index contributed by atoms with van der Waals surface area (Å²) in [4.78, 5) is 25.9. The Morgan fingerprint density at radius 2 is 1.51 bits per heavy atom. The summed E-state index contributed by atoms with van der Waals surface area (Å²) in [7, 11) is 3.11. The van der Waals surface area contributed by atoms with Crippen molar-refractivity contribution in [3.8, 4) is 17.2 Å². The van der Waals surface area contributed by atoms with Gasteiger partial charge in [-0.15, -0.1) is 0 Å². The normalized spacial score (nSPS) is 16.1. The second-order valence-corrected chi connectivity index (χ2v) is 11.6. The number of nitrogens with one attached hydrogen (secondary N) is 1. The fourth-order valence-electron chi connectivity index (χ4n) is 5.89. The van der Waals surface area contributed by atoms with Crippen LogP contribution >= 0.6 is 0 Å². The first-order chi connectivity index (χ1) is 24.9. The lowest BCUT2D eigenvalue weighted by atomic mass is 9.79. The lowest BCUT2D eigenvalue weighted by Gasteiger charge is -2.32. The molecule has 51 heavy (non-hydrogen) atoms. The summed E-state index contributed by atoms with van der Waals surface area (Å²) >= 11 is 0. The zero-order valence-electron chi connectivity index (χ0n) is 28.3. The summed E-state index contributed by atoms with van der Waals surface area (Å²) in [6, 6.07) is 27.2. The van der Waals surface area contributed by atoms with Crippen LogP contribution in [-0.2, 0) is 35.6 Å². The number of benzene rings is 4. The van der Waals surface area contributed by atoms with Gasteiger partial charge in [0.2, 0.25) is 5.90 Å². The van der Waals surface area contributed by atoms with Gasteiger partial charge in [0.05, 0.1) is 33.9 Å². The van der Waals surface area contributed by atoms with Crippen LogP contribution in [0.15, 0.2) is 106 Å². The molecule has 5 rings (SSSR count). The molecule has 0 aliphatic carbocycles. The summed E-state index contributed by atoms with van der Waals surface area (Å²) < 4.78 is 23.3. The Morgan fingerprint density at radius 3 is 2.16 bits per heavy atom. The molecule has 0 spiro atoms. The highest BCUT2D eigenvalue weighted by atomic mass is 16.5. The van der Waals surface area contributed by atoms with Gasteiger partial charge in [0, 0.05) is 47.4 Å². The smallest absolute Gasteiger partial charge is 0.252 e. The predicted molar refractivity (Wildman–Crippen MR) is 190 cm³/mol. The highest BCUT2D eigenvalue weighted by Gasteiger charge is 2.54. The minimum Gasteiger partial charge on any atom is -0.497 e. The van der Waals surface area contributed by atoms with Crippen molar-refractivity contribution in [2.75, 3.05) is 27.4 Å². The topological polar surface area (TPSA) is 196 Å². The third-order valence-corrected chi connectivity index (χ3v) is 8.42. The molecule has 0 aromatic heterocycles. The van der Waals surface area contributed by atoms with Crippen LogP contribution in [0, 0.1) is 0 Å². The van der Waals surface area contributed by atoms with Crippen molar-refractivity contribution in [1.29, 1.82) is 0 Å². The van der Waals surface area contributed by atoms with Crippen LogP contribution in [0.5, 0.6) is 17.2 Å². The quantitative estimate of drug-likeness (QED) is 0.0523. The predicted octanol–water partition coefficient (Wildman–Crippen LogP) is 6.90. The van der Waals surface area contributed by atoms with Gasteiger partial charge in [-0.05, 0) is 75.3 Å². The minimum absolute atomic E-state index is 0.0206. The Kier molecular flexibility index (Phi) is 12.4. The summed E-state index contributed by atoms with van der Waals surface area (Å²) in [6.45, 7) is 0.589. The van der Waals surface area contributed by atoms with Gasteiger partial charge in [-0.3, -0.25) is 4.79 Å². The molecule has 1 heterocycles. The van der Waals surface area contributed by atoms with Crippen LogP contribution in [0.3, 0.4) is 0 Å². The van der Waals surface area contributed by atoms with Crippen LogP contribution in [-0.4, -0.2) is 49.9 Å². The number of aliphatic imine (C=N–C) groups is 1. The Labute approximate surface area is 294 Å². The number of rotatable bonds is 17. The van der Waals surface area contributed by atoms with Gasteiger partial charge in [0.15, 0.2) is 11.6 Å². The summed E-state index contributed by atoms with van der Waals surface area (Å²) in [6.07, 6.45) is -0.398. The Morgan fingerprint density at radius 1 is 0.882 bits per heavy atom. The molecule has 4 aromatic carbocycles. The number of aliphatic hydroxyl groups is 1. The number of hydrogen-bond donors (Lipinski definition) is 2. The number of carbonyl (C=O) groups is 1. The van der Waals surface area contributed by atoms with Crippen molar-refractivity contribution in [2.24, 2.45) is 15.2 Å². The number of methoxy groups -OCH3 is 2. The van der Waals surface area contributed by atoms with Crippen LogP contribution < -0.4 is 19.5 Å². The summed E-state index contributed by atoms with van der Waals surface area (Å²) in [5, 5.41) is 19.8. The number of hydrogen-bond acceptors (Lipinski definition) is 9. The van der Waals surface area contributed by atoms with Crippen molar-refractivity contribution in [3.05, 3.63) is 145 Å². The van der Waals surface area contributed by atoms with E-state index in [4.69, 9.17) is 34.6 Å². The molecule has 1 aliphatic rings. The monoisotopic (exact) mass is 690 g/mol. The minimum atomic E-state index is -1.59. The first-order valence-corrected chi connectivity index (χ1v) is 16.2. The molecule has 2 N–H and O–H groups in total. The molecule has 1 aliphatic heterocycles. The van der Waals surface area contributed by atoms with Gasteiger partial charge in [0.1, 0.15) is 17.2 Å². The van der Waals surface area contributed by atoms with Gasteiger partial charge in [-0.2, -0.15) is 0 Å². The zero-order chi connectivity index (χ0) is 36.1. The van der Waals surface area contributed by atoms with Gasteiger partial charge in [0.25, 0.3) is 5.91 Å². The number of aliphatic hydroxyl groups excluding tert-OH is 1. The van der Waals surface area contributed by atoms with E-state index < -0.39 is 17.6 Å². The van der Waals surface area contributed by atoms with Crippen molar-refractivity contribution < 1.29 is 28.8 Å². The third-order valence-electron chi connectivity index (χ3n) is 8.42. The number of carbonyl (C=O) groups excluding carboxylic acids is 1. The van der Waals surface area contributed by atoms with E-state index in [0.29, 0.717) is 47.0 Å². The molecular formula is C37H38N8O6. The van der Waals surface area contributed by atoms with Crippen LogP contribution in [0.4, 0.5) is 0 Å². The first kappa shape index (κ1) is 36.1. The third kappa shape index (κ3) is 8.70. The van der Waals surface area contributed by atoms with E-state index in [9.17, 15) is 10.3 Å². The SMILES string of the molecule is COc1cc(CNC(=O)[C@]2(Cc3ccccc3CN=[N+]=[N-])N=C(c3ccc(OCCCO)cc3)O[C@@H]2c2ccccc2CN=[N+]=[N-])cc(OC)c1. The van der Waals surface area contributed by atoms with Crippen molar-refractivity contribution in [3.63, 3.8) is 0 Å². The molecule has 0 bridgehead atoms. The molecule has 0 saturated carbocycles. The molecular weight excluding hydrogens is 652 g/mol. The van der Waals surface area contributed by atoms with Crippen LogP contribution in [0.25, 0.3) is 20.9 Å². The van der Waals surface area contributed by atoms with E-state index >= 15 is 0 Å². The molecule has 0 fully saturated rings. The van der Waals surface area contributed by atoms with Crippen molar-refractivity contribution in [2.45, 2.75) is 44.1 Å². The number of ether oxygens (including phenoxy) is 4. The fraction of sp³-hybridized carbons (Fsp3) is 0.297. The lowest BCUT2D eigenvalue weighted by molar-refractivity contribution is -0.129. The maximum atomic E-state index is 14.9. The Bertz CT molecular complexity index is 1930. The second-order valence-electron chi connectivity index (χ2n) is 11.6. The van der Waals surface area contributed by atoms with E-state index in [1.807, 2.05) is 48.5 Å². The van der Waals surface area contributed by atoms with Gasteiger partial charge >= 0.3 is 0 Å². The maximum Gasteiger partial charge on any atom is 0.252 e. The highest BCUT2D eigenvalue weighted by Crippen LogP contribution is 2.44. The molecule has 262 valence electrons. The number of nitrogens with zero attached hydrogens (tertiary/aromatic N) is 7. The Hall–Kier alpha value is -6.20. The van der Waals surface area contributed by atoms with E-state index in [2.05, 4.69) is 25.4 Å². The number of azide groups is 2. The van der Waals surface area contributed by atoms with Crippen molar-refractivity contribution in [1.82, 2.24) is 5.32 Å². The molecule has 2 atom stereocenters. The molecule has 14 heteroatoms. The second kappa shape index (κ2) is 17.5. The standard InChI is InChI=1S/C37H38N8O6/c1-48-31-18-25(19-32(20-31)49-2)22-40-36(47)37(21-27-8-3-4-9-28(27)23-41-44-38)34(33-11-6-5-10-29(33)24-42-45-39)51-35(43-37)26-12-14-30(15-13-26)50-17-7-16-46/h3-6,8-15,18-20,34,46H,7,16-17,21-24H2,1-2H3,(H,40,47)/t34-,37-/m1/s1. The largest absolute Gasteiger partial charge is 0.497 e. The maximum absolute atomic E-state index is 14.9. The zero-order valence-corrected chi connectivity index (χ0v) is 28.3. The average Bonchev–Trinajstić information content (AvgIpc) is 3.56. The van der Waals surface area contributed by atoms with E-state index in [0.717, 1.165) is 16.7 Å². The molecule has 14 nitrogen and oxygen atoms in total. The number of amides is 1. The highest BCUT2D eigenvalue weighted by molar-refractivity contribution is 6.01. The van der Waals surface area contributed by atoms with Crippen molar-refractivity contribution >= 4 is 11.8 Å². The molecule has 4 aromatic rings. The van der Waals surface area contributed by atoms with E-state index in [1.54, 1.807) is 56.7 Å². The molecule has 0 radical (unpaired) electrons. The van der Waals surface area contributed by atoms with E-state index in [-0.39, 0.29) is 38.6 Å². The lowest BCUT2D eigenvalue weighted by Crippen LogP contribution is -2.50. The molecule has 0 saturated heterocycles.